The molecule has 0 aliphatic heterocycles. The summed E-state index contributed by atoms with van der Waals surface area (Å²) in [6.07, 6.45) is 0.517. The number of benzene rings is 1. The van der Waals surface area contributed by atoms with Crippen LogP contribution < -0.4 is 5.84 Å². The first kappa shape index (κ1) is 15.7. The fraction of sp³-hybridized carbons (Fsp3) is 0.385. The Hall–Kier alpha value is -1.67. The van der Waals surface area contributed by atoms with E-state index in [-0.39, 0.29) is 5.56 Å². The van der Waals surface area contributed by atoms with E-state index in [1.165, 1.54) is 22.9 Å². The first-order valence-corrected chi connectivity index (χ1v) is 7.21. The van der Waals surface area contributed by atoms with Crippen LogP contribution in [0.15, 0.2) is 23.4 Å². The van der Waals surface area contributed by atoms with E-state index in [1.807, 2.05) is 0 Å². The van der Waals surface area contributed by atoms with Gasteiger partial charge < -0.3 is 10.6 Å². The minimum atomic E-state index is -0.585. The van der Waals surface area contributed by atoms with Gasteiger partial charge in [-0.25, -0.2) is 13.5 Å². The van der Waals surface area contributed by atoms with Gasteiger partial charge in [-0.1, -0.05) is 17.8 Å². The molecule has 0 bridgehead atoms. The van der Waals surface area contributed by atoms with Crippen LogP contribution in [0.1, 0.15) is 23.6 Å². The van der Waals surface area contributed by atoms with Gasteiger partial charge in [0.2, 0.25) is 5.16 Å². The van der Waals surface area contributed by atoms with E-state index < -0.39 is 16.9 Å². The Bertz CT molecular complexity index is 600. The van der Waals surface area contributed by atoms with Gasteiger partial charge in [-0.2, -0.15) is 0 Å². The predicted molar refractivity (Wildman–Crippen MR) is 76.4 cm³/mol. The summed E-state index contributed by atoms with van der Waals surface area (Å²) in [6.45, 7) is 2.16. The van der Waals surface area contributed by atoms with Crippen molar-refractivity contribution in [2.45, 2.75) is 23.8 Å². The van der Waals surface area contributed by atoms with E-state index in [0.717, 1.165) is 11.8 Å². The molecule has 0 fully saturated rings. The number of thioether (sulfide) groups is 1. The lowest BCUT2D eigenvalue weighted by Gasteiger charge is -2.12. The Labute approximate surface area is 125 Å². The average molecular weight is 314 g/mol. The molecule has 8 heteroatoms. The van der Waals surface area contributed by atoms with Gasteiger partial charge in [0.05, 0.1) is 6.61 Å². The lowest BCUT2D eigenvalue weighted by molar-refractivity contribution is 0.200. The van der Waals surface area contributed by atoms with E-state index in [0.29, 0.717) is 24.0 Å². The second-order valence-electron chi connectivity index (χ2n) is 4.41. The van der Waals surface area contributed by atoms with E-state index in [2.05, 4.69) is 10.2 Å². The highest BCUT2D eigenvalue weighted by atomic mass is 32.2. The van der Waals surface area contributed by atoms with E-state index >= 15 is 0 Å². The maximum atomic E-state index is 13.7. The van der Waals surface area contributed by atoms with Crippen LogP contribution >= 0.6 is 11.8 Å². The van der Waals surface area contributed by atoms with Crippen molar-refractivity contribution in [1.82, 2.24) is 14.9 Å². The Morgan fingerprint density at radius 1 is 1.33 bits per heavy atom. The smallest absolute Gasteiger partial charge is 0.210 e. The summed E-state index contributed by atoms with van der Waals surface area (Å²) in [7, 11) is 1.58. The molecule has 0 aliphatic rings. The summed E-state index contributed by atoms with van der Waals surface area (Å²) < 4.78 is 33.7. The summed E-state index contributed by atoms with van der Waals surface area (Å²) in [5, 5.41) is 7.81. The maximum Gasteiger partial charge on any atom is 0.210 e. The molecule has 1 atom stereocenters. The van der Waals surface area contributed by atoms with Crippen molar-refractivity contribution in [3.8, 4) is 0 Å². The number of hydrogen-bond acceptors (Lipinski definition) is 5. The zero-order valence-electron chi connectivity index (χ0n) is 11.7. The Kier molecular flexibility index (Phi) is 5.13. The van der Waals surface area contributed by atoms with E-state index in [9.17, 15) is 8.78 Å². The first-order chi connectivity index (χ1) is 10.0. The molecular weight excluding hydrogens is 298 g/mol. The molecule has 5 nitrogen and oxygen atoms in total. The third-order valence-electron chi connectivity index (χ3n) is 2.95. The van der Waals surface area contributed by atoms with Crippen molar-refractivity contribution >= 4 is 11.8 Å². The second kappa shape index (κ2) is 6.86. The Morgan fingerprint density at radius 3 is 2.62 bits per heavy atom. The highest BCUT2D eigenvalue weighted by molar-refractivity contribution is 7.99. The molecule has 0 spiro atoms. The molecule has 2 N–H and O–H groups in total. The Balaban J connectivity index is 2.16. The molecule has 2 rings (SSSR count). The van der Waals surface area contributed by atoms with Crippen molar-refractivity contribution < 1.29 is 13.5 Å². The predicted octanol–water partition coefficient (Wildman–Crippen LogP) is 2.31. The van der Waals surface area contributed by atoms with Gasteiger partial charge in [-0.3, -0.25) is 0 Å². The SMILES string of the molecule is COCCc1nnc(S[C@@H](C)c2c(F)cccc2F)n1N. The lowest BCUT2D eigenvalue weighted by Crippen LogP contribution is -2.15. The van der Waals surface area contributed by atoms with Crippen molar-refractivity contribution in [3.63, 3.8) is 0 Å². The average Bonchev–Trinajstić information content (AvgIpc) is 2.77. The zero-order valence-corrected chi connectivity index (χ0v) is 12.5. The van der Waals surface area contributed by atoms with Crippen LogP contribution in [-0.2, 0) is 11.2 Å². The summed E-state index contributed by atoms with van der Waals surface area (Å²) >= 11 is 1.15. The van der Waals surface area contributed by atoms with Crippen LogP contribution in [-0.4, -0.2) is 28.6 Å². The monoisotopic (exact) mass is 314 g/mol. The molecule has 2 aromatic rings. The van der Waals surface area contributed by atoms with Crippen LogP contribution in [0.3, 0.4) is 0 Å². The largest absolute Gasteiger partial charge is 0.384 e. The van der Waals surface area contributed by atoms with Gasteiger partial charge in [-0.15, -0.1) is 10.2 Å². The molecule has 0 amide bonds. The normalized spacial score (nSPS) is 12.6. The van der Waals surface area contributed by atoms with Crippen molar-refractivity contribution in [2.75, 3.05) is 19.6 Å². The van der Waals surface area contributed by atoms with Crippen molar-refractivity contribution in [3.05, 3.63) is 41.2 Å². The van der Waals surface area contributed by atoms with Crippen LogP contribution in [0.2, 0.25) is 0 Å². The number of hydrogen-bond donors (Lipinski definition) is 1. The van der Waals surface area contributed by atoms with Gasteiger partial charge in [-0.05, 0) is 19.1 Å². The number of aromatic nitrogens is 3. The molecular formula is C13H16F2N4OS. The van der Waals surface area contributed by atoms with Gasteiger partial charge in [0.25, 0.3) is 0 Å². The fourth-order valence-corrected chi connectivity index (χ4v) is 2.83. The van der Waals surface area contributed by atoms with Crippen molar-refractivity contribution in [1.29, 1.82) is 0 Å². The summed E-state index contributed by atoms with van der Waals surface area (Å²) in [6, 6.07) is 3.79. The number of ether oxygens (including phenoxy) is 1. The number of nitrogens with zero attached hydrogens (tertiary/aromatic N) is 3. The number of methoxy groups -OCH3 is 1. The summed E-state index contributed by atoms with van der Waals surface area (Å²) in [5.74, 6) is 5.26. The first-order valence-electron chi connectivity index (χ1n) is 6.33. The highest BCUT2D eigenvalue weighted by Crippen LogP contribution is 2.35. The Morgan fingerprint density at radius 2 is 2.00 bits per heavy atom. The molecule has 1 heterocycles. The van der Waals surface area contributed by atoms with Gasteiger partial charge in [0, 0.05) is 24.3 Å². The van der Waals surface area contributed by atoms with Crippen LogP contribution in [0, 0.1) is 11.6 Å². The lowest BCUT2D eigenvalue weighted by atomic mass is 10.1. The highest BCUT2D eigenvalue weighted by Gasteiger charge is 2.20. The minimum absolute atomic E-state index is 0.00365. The van der Waals surface area contributed by atoms with Gasteiger partial charge in [0.15, 0.2) is 5.82 Å². The van der Waals surface area contributed by atoms with Crippen LogP contribution in [0.5, 0.6) is 0 Å². The van der Waals surface area contributed by atoms with Gasteiger partial charge in [0.1, 0.15) is 11.6 Å². The summed E-state index contributed by atoms with van der Waals surface area (Å²) in [4.78, 5) is 0. The van der Waals surface area contributed by atoms with Crippen LogP contribution in [0.25, 0.3) is 0 Å². The van der Waals surface area contributed by atoms with Gasteiger partial charge >= 0.3 is 0 Å². The molecule has 1 aromatic carbocycles. The minimum Gasteiger partial charge on any atom is -0.384 e. The quantitative estimate of drug-likeness (QED) is 0.655. The molecule has 0 aliphatic carbocycles. The standard InChI is InChI=1S/C13H16F2N4OS/c1-8(12-9(14)4-3-5-10(12)15)21-13-18-17-11(19(13)16)6-7-20-2/h3-5,8H,6-7,16H2,1-2H3/t8-/m0/s1. The maximum absolute atomic E-state index is 13.7. The third kappa shape index (κ3) is 3.51. The summed E-state index contributed by atoms with van der Waals surface area (Å²) in [5.41, 5.74) is 0.00365. The second-order valence-corrected chi connectivity index (χ2v) is 5.71. The van der Waals surface area contributed by atoms with E-state index in [4.69, 9.17) is 10.6 Å². The molecule has 0 saturated carbocycles. The molecule has 1 aromatic heterocycles. The van der Waals surface area contributed by atoms with Crippen molar-refractivity contribution in [2.24, 2.45) is 0 Å². The van der Waals surface area contributed by atoms with E-state index in [1.54, 1.807) is 14.0 Å². The van der Waals surface area contributed by atoms with Crippen LogP contribution in [0.4, 0.5) is 8.78 Å². The number of nitrogen functional groups attached to an aromatic ring is 1. The molecule has 0 radical (unpaired) electrons. The number of halogens is 2. The topological polar surface area (TPSA) is 66.0 Å². The fourth-order valence-electron chi connectivity index (χ4n) is 1.87. The molecule has 21 heavy (non-hydrogen) atoms. The molecule has 0 saturated heterocycles. The third-order valence-corrected chi connectivity index (χ3v) is 4.03. The molecule has 0 unspecified atom stereocenters. The number of nitrogens with two attached hydrogens (primary N) is 1. The zero-order chi connectivity index (χ0) is 15.4. The molecule has 114 valence electrons. The number of rotatable bonds is 6.